The summed E-state index contributed by atoms with van der Waals surface area (Å²) in [6, 6.07) is 8.73. The number of rotatable bonds is 5. The topological polar surface area (TPSA) is 87.4 Å². The second kappa shape index (κ2) is 9.35. The van der Waals surface area contributed by atoms with E-state index in [0.717, 1.165) is 30.6 Å². The van der Waals surface area contributed by atoms with Crippen LogP contribution in [0.2, 0.25) is 5.02 Å². The van der Waals surface area contributed by atoms with Crippen LogP contribution >= 0.6 is 11.6 Å². The maximum absolute atomic E-state index is 13.3. The third kappa shape index (κ3) is 4.13. The normalized spacial score (nSPS) is 18.7. The molecule has 1 aromatic carbocycles. The van der Waals surface area contributed by atoms with E-state index in [4.69, 9.17) is 21.6 Å². The van der Waals surface area contributed by atoms with Gasteiger partial charge in [-0.15, -0.1) is 0 Å². The Balaban J connectivity index is 1.63. The maximum atomic E-state index is 13.3. The van der Waals surface area contributed by atoms with Crippen molar-refractivity contribution >= 4 is 23.4 Å². The van der Waals surface area contributed by atoms with Crippen LogP contribution in [0, 0.1) is 11.3 Å². The number of likely N-dealkylation sites (tertiary alicyclic amines) is 1. The number of hydrogen-bond acceptors (Lipinski definition) is 4. The predicted octanol–water partition coefficient (Wildman–Crippen LogP) is 4.05. The van der Waals surface area contributed by atoms with Gasteiger partial charge in [-0.1, -0.05) is 24.6 Å². The summed E-state index contributed by atoms with van der Waals surface area (Å²) in [5.41, 5.74) is 2.96. The zero-order chi connectivity index (χ0) is 22.8. The number of hydrogen-bond donors (Lipinski definition) is 1. The highest BCUT2D eigenvalue weighted by Crippen LogP contribution is 2.29. The Morgan fingerprint density at radius 1 is 1.34 bits per heavy atom. The molecule has 1 aromatic heterocycles. The summed E-state index contributed by atoms with van der Waals surface area (Å²) < 4.78 is 7.54. The van der Waals surface area contributed by atoms with Crippen molar-refractivity contribution in [1.82, 2.24) is 14.8 Å². The minimum absolute atomic E-state index is 0.0284. The lowest BCUT2D eigenvalue weighted by molar-refractivity contribution is 0.0683. The Labute approximate surface area is 192 Å². The Bertz CT molecular complexity index is 1090. The Morgan fingerprint density at radius 3 is 2.81 bits per heavy atom. The average Bonchev–Trinajstić information content (AvgIpc) is 3.41. The number of carbonyl (C=O) groups excluding carboxylic acids is 2. The molecule has 3 heterocycles. The van der Waals surface area contributed by atoms with Crippen molar-refractivity contribution in [3.63, 3.8) is 0 Å². The molecule has 0 aliphatic carbocycles. The lowest BCUT2D eigenvalue weighted by Gasteiger charge is -2.24. The molecule has 2 aromatic rings. The Hall–Kier alpha value is -2.82. The van der Waals surface area contributed by atoms with Crippen LogP contribution in [-0.4, -0.2) is 40.5 Å². The summed E-state index contributed by atoms with van der Waals surface area (Å²) in [4.78, 5) is 28.5. The van der Waals surface area contributed by atoms with E-state index in [2.05, 4.69) is 18.3 Å². The van der Waals surface area contributed by atoms with Crippen molar-refractivity contribution in [3.8, 4) is 6.07 Å². The smallest absolute Gasteiger partial charge is 0.270 e. The molecule has 0 saturated carbocycles. The van der Waals surface area contributed by atoms with Crippen LogP contribution < -0.4 is 5.32 Å². The van der Waals surface area contributed by atoms with Crippen molar-refractivity contribution in [2.24, 2.45) is 0 Å². The number of amides is 2. The number of aromatic nitrogens is 1. The molecule has 2 aliphatic heterocycles. The van der Waals surface area contributed by atoms with Crippen LogP contribution in [0.25, 0.3) is 0 Å². The molecule has 168 valence electrons. The first-order chi connectivity index (χ1) is 15.4. The second-order valence-corrected chi connectivity index (χ2v) is 8.77. The van der Waals surface area contributed by atoms with Crippen molar-refractivity contribution in [2.45, 2.75) is 58.3 Å². The van der Waals surface area contributed by atoms with Gasteiger partial charge in [0.05, 0.1) is 42.1 Å². The summed E-state index contributed by atoms with van der Waals surface area (Å²) in [6.07, 6.45) is 2.63. The summed E-state index contributed by atoms with van der Waals surface area (Å²) in [5, 5.41) is 12.6. The van der Waals surface area contributed by atoms with Gasteiger partial charge in [-0.05, 0) is 49.9 Å². The first kappa shape index (κ1) is 22.4. The largest absolute Gasteiger partial charge is 0.373 e. The molecular formula is C24H27ClN4O3. The molecule has 0 radical (unpaired) electrons. The molecule has 1 saturated heterocycles. The first-order valence-electron chi connectivity index (χ1n) is 11.1. The van der Waals surface area contributed by atoms with Crippen LogP contribution in [0.15, 0.2) is 24.3 Å². The molecule has 32 heavy (non-hydrogen) atoms. The minimum atomic E-state index is -0.319. The van der Waals surface area contributed by atoms with Crippen LogP contribution in [0.3, 0.4) is 0 Å². The van der Waals surface area contributed by atoms with Gasteiger partial charge in [-0.25, -0.2) is 0 Å². The van der Waals surface area contributed by atoms with Crippen molar-refractivity contribution in [1.29, 1.82) is 5.26 Å². The highest BCUT2D eigenvalue weighted by Gasteiger charge is 2.32. The van der Waals surface area contributed by atoms with Gasteiger partial charge < -0.3 is 19.5 Å². The van der Waals surface area contributed by atoms with Crippen molar-refractivity contribution < 1.29 is 14.3 Å². The summed E-state index contributed by atoms with van der Waals surface area (Å²) >= 11 is 6.38. The fourth-order valence-corrected chi connectivity index (χ4v) is 4.91. The molecule has 2 amide bonds. The van der Waals surface area contributed by atoms with Crippen LogP contribution in [0.4, 0.5) is 0 Å². The van der Waals surface area contributed by atoms with Crippen molar-refractivity contribution in [3.05, 3.63) is 57.4 Å². The summed E-state index contributed by atoms with van der Waals surface area (Å²) in [6.45, 7) is 6.12. The number of halogens is 1. The van der Waals surface area contributed by atoms with Gasteiger partial charge in [0.2, 0.25) is 0 Å². The number of nitrogens with zero attached hydrogens (tertiary/aromatic N) is 3. The Kier molecular flexibility index (Phi) is 6.54. The number of fused-ring (bicyclic) bond motifs is 1. The second-order valence-electron chi connectivity index (χ2n) is 8.37. The highest BCUT2D eigenvalue weighted by molar-refractivity contribution is 6.31. The summed E-state index contributed by atoms with van der Waals surface area (Å²) in [5.74, 6) is -0.292. The monoisotopic (exact) mass is 454 g/mol. The Morgan fingerprint density at radius 2 is 2.16 bits per heavy atom. The fourth-order valence-electron chi connectivity index (χ4n) is 4.60. The van der Waals surface area contributed by atoms with Gasteiger partial charge in [0.25, 0.3) is 11.8 Å². The molecule has 1 fully saturated rings. The SMILES string of the molecule is CC[C@@H](NC(=O)c1cc(C(=O)N2CCCC2C)n2c1COCC2)c1ccc(C#N)cc1Cl. The number of nitriles is 1. The van der Waals surface area contributed by atoms with Crippen molar-refractivity contribution in [2.75, 3.05) is 13.2 Å². The van der Waals surface area contributed by atoms with Gasteiger partial charge >= 0.3 is 0 Å². The zero-order valence-electron chi connectivity index (χ0n) is 18.4. The molecule has 2 atom stereocenters. The van der Waals surface area contributed by atoms with E-state index in [0.29, 0.717) is 48.0 Å². The molecule has 8 heteroatoms. The van der Waals surface area contributed by atoms with E-state index in [1.807, 2.05) is 16.4 Å². The number of benzene rings is 1. The average molecular weight is 455 g/mol. The number of ether oxygens (including phenoxy) is 1. The van der Waals surface area contributed by atoms with Gasteiger partial charge in [-0.3, -0.25) is 9.59 Å². The maximum Gasteiger partial charge on any atom is 0.270 e. The molecule has 0 bridgehead atoms. The molecule has 0 spiro atoms. The number of nitrogens with one attached hydrogen (secondary N) is 1. The van der Waals surface area contributed by atoms with E-state index in [1.54, 1.807) is 24.3 Å². The molecule has 4 rings (SSSR count). The molecule has 1 N–H and O–H groups in total. The number of carbonyl (C=O) groups is 2. The van der Waals surface area contributed by atoms with Gasteiger partial charge in [0.15, 0.2) is 0 Å². The van der Waals surface area contributed by atoms with E-state index in [9.17, 15) is 9.59 Å². The predicted molar refractivity (Wildman–Crippen MR) is 120 cm³/mol. The minimum Gasteiger partial charge on any atom is -0.373 e. The standard InChI is InChI=1S/C24H27ClN4O3/c1-3-20(17-7-6-16(13-26)11-19(17)25)27-23(30)18-12-21(29-9-10-32-14-22(18)29)24(31)28-8-4-5-15(28)2/h6-7,11-12,15,20H,3-5,8-10,14H2,1-2H3,(H,27,30)/t15?,20-/m1/s1. The lowest BCUT2D eigenvalue weighted by Crippen LogP contribution is -2.35. The van der Waals surface area contributed by atoms with Gasteiger partial charge in [0, 0.05) is 24.2 Å². The van der Waals surface area contributed by atoms with E-state index < -0.39 is 0 Å². The van der Waals surface area contributed by atoms with E-state index in [-0.39, 0.29) is 23.9 Å². The fraction of sp³-hybridized carbons (Fsp3) is 0.458. The molecular weight excluding hydrogens is 428 g/mol. The van der Waals surface area contributed by atoms with Crippen LogP contribution in [0.1, 0.15) is 76.8 Å². The molecule has 1 unspecified atom stereocenters. The molecule has 7 nitrogen and oxygen atoms in total. The highest BCUT2D eigenvalue weighted by atomic mass is 35.5. The quantitative estimate of drug-likeness (QED) is 0.738. The summed E-state index contributed by atoms with van der Waals surface area (Å²) in [7, 11) is 0. The van der Waals surface area contributed by atoms with Crippen LogP contribution in [0.5, 0.6) is 0 Å². The third-order valence-corrected chi connectivity index (χ3v) is 6.73. The zero-order valence-corrected chi connectivity index (χ0v) is 19.1. The third-order valence-electron chi connectivity index (χ3n) is 6.40. The van der Waals surface area contributed by atoms with Gasteiger partial charge in [0.1, 0.15) is 5.69 Å². The van der Waals surface area contributed by atoms with E-state index in [1.165, 1.54) is 0 Å². The van der Waals surface area contributed by atoms with Crippen LogP contribution in [-0.2, 0) is 17.9 Å². The molecule has 2 aliphatic rings. The van der Waals surface area contributed by atoms with Gasteiger partial charge in [-0.2, -0.15) is 5.26 Å². The van der Waals surface area contributed by atoms with E-state index >= 15 is 0 Å². The first-order valence-corrected chi connectivity index (χ1v) is 11.4. The lowest BCUT2D eigenvalue weighted by atomic mass is 10.0.